The molecule has 300 valence electrons. The Labute approximate surface area is 340 Å². The lowest BCUT2D eigenvalue weighted by molar-refractivity contribution is 0.481. The molecule has 0 aliphatic rings. The topological polar surface area (TPSA) is 284 Å². The number of phenols is 1. The molecule has 0 atom stereocenters. The van der Waals surface area contributed by atoms with E-state index in [1.165, 1.54) is 42.5 Å². The first kappa shape index (κ1) is 39.7. The van der Waals surface area contributed by atoms with Gasteiger partial charge >= 0.3 is 0 Å². The van der Waals surface area contributed by atoms with Crippen molar-refractivity contribution in [2.24, 2.45) is 30.7 Å². The van der Waals surface area contributed by atoms with Crippen molar-refractivity contribution in [3.8, 4) is 5.75 Å². The molecule has 0 aromatic heterocycles. The molecular weight excluding hydrogens is 835 g/mol. The van der Waals surface area contributed by atoms with Crippen LogP contribution < -0.4 is 5.73 Å². The number of anilines is 1. The van der Waals surface area contributed by atoms with Crippen molar-refractivity contribution in [2.45, 2.75) is 14.7 Å². The van der Waals surface area contributed by atoms with Crippen LogP contribution in [0.4, 0.5) is 39.8 Å². The summed E-state index contributed by atoms with van der Waals surface area (Å²) < 4.78 is 103. The van der Waals surface area contributed by atoms with Gasteiger partial charge < -0.3 is 10.8 Å². The quantitative estimate of drug-likeness (QED) is 0.0516. The van der Waals surface area contributed by atoms with Crippen LogP contribution in [0.1, 0.15) is 0 Å². The number of nitrogen functional groups attached to an aromatic ring is 1. The zero-order valence-electron chi connectivity index (χ0n) is 30.3. The molecule has 0 saturated carbocycles. The fourth-order valence-electron chi connectivity index (χ4n) is 6.61. The Morgan fingerprint density at radius 3 is 1.52 bits per heavy atom. The van der Waals surface area contributed by atoms with Crippen LogP contribution in [0.15, 0.2) is 173 Å². The van der Waals surface area contributed by atoms with E-state index in [1.54, 1.807) is 72.8 Å². The summed E-state index contributed by atoms with van der Waals surface area (Å²) in [7, 11) is -14.3. The van der Waals surface area contributed by atoms with Gasteiger partial charge in [-0.15, -0.1) is 25.6 Å². The molecule has 0 spiro atoms. The average Bonchev–Trinajstić information content (AvgIpc) is 3.20. The van der Waals surface area contributed by atoms with Gasteiger partial charge in [0.2, 0.25) is 0 Å². The number of rotatable bonds is 9. The van der Waals surface area contributed by atoms with Gasteiger partial charge in [0.05, 0.1) is 33.3 Å². The smallest absolute Gasteiger partial charge is 0.295 e. The summed E-state index contributed by atoms with van der Waals surface area (Å²) in [5.74, 6) is -0.140. The monoisotopic (exact) mass is 861 g/mol. The van der Waals surface area contributed by atoms with Crippen LogP contribution in [-0.4, -0.2) is 44.0 Å². The summed E-state index contributed by atoms with van der Waals surface area (Å²) in [6.45, 7) is 0. The van der Waals surface area contributed by atoms with Gasteiger partial charge in [-0.1, -0.05) is 48.5 Å². The number of nitrogens with two attached hydrogens (primary N) is 1. The maximum Gasteiger partial charge on any atom is 0.295 e. The zero-order valence-corrected chi connectivity index (χ0v) is 32.8. The van der Waals surface area contributed by atoms with Crippen molar-refractivity contribution < 1.29 is 44.0 Å². The highest BCUT2D eigenvalue weighted by Crippen LogP contribution is 2.41. The highest BCUT2D eigenvalue weighted by atomic mass is 32.2. The second kappa shape index (κ2) is 14.9. The van der Waals surface area contributed by atoms with E-state index >= 15 is 0 Å². The van der Waals surface area contributed by atoms with E-state index in [1.807, 2.05) is 0 Å². The molecular formula is C40H27N7O10S3. The van der Waals surface area contributed by atoms with Crippen molar-refractivity contribution in [3.05, 3.63) is 127 Å². The van der Waals surface area contributed by atoms with Crippen LogP contribution >= 0.6 is 0 Å². The molecule has 8 aromatic rings. The van der Waals surface area contributed by atoms with Gasteiger partial charge in [0, 0.05) is 43.4 Å². The van der Waals surface area contributed by atoms with Crippen molar-refractivity contribution in [1.29, 1.82) is 0 Å². The SMILES string of the molecule is Nc1ccc2c(O)c(N=Nc3ccc(N=Nc4ccc(N=Nc5cc(S(=O)(=O)O)c6cccc(S(=O)(=O)O)c6c5)c5ccccc45)c4ccc(S(=O)(=O)O)cc34)ccc2c1. The number of azo groups is 3. The zero-order chi connectivity index (χ0) is 42.6. The van der Waals surface area contributed by atoms with E-state index in [-0.39, 0.29) is 39.0 Å². The van der Waals surface area contributed by atoms with E-state index in [2.05, 4.69) is 30.7 Å². The molecule has 20 heteroatoms. The number of fused-ring (bicyclic) bond motifs is 4. The molecule has 60 heavy (non-hydrogen) atoms. The summed E-state index contributed by atoms with van der Waals surface area (Å²) >= 11 is 0. The second-order valence-corrected chi connectivity index (χ2v) is 17.4. The van der Waals surface area contributed by atoms with E-state index in [0.29, 0.717) is 49.7 Å². The largest absolute Gasteiger partial charge is 0.505 e. The Hall–Kier alpha value is -7.07. The molecule has 0 aliphatic heterocycles. The Bertz CT molecular complexity index is 3560. The number of aromatic hydroxyl groups is 1. The Morgan fingerprint density at radius 2 is 0.917 bits per heavy atom. The molecule has 8 rings (SSSR count). The first-order valence-electron chi connectivity index (χ1n) is 17.3. The molecule has 6 N–H and O–H groups in total. The summed E-state index contributed by atoms with van der Waals surface area (Å²) in [6.07, 6.45) is 0. The maximum absolute atomic E-state index is 12.3. The fourth-order valence-corrected chi connectivity index (χ4v) is 8.54. The third kappa shape index (κ3) is 7.76. The van der Waals surface area contributed by atoms with E-state index < -0.39 is 45.0 Å². The predicted molar refractivity (Wildman–Crippen MR) is 224 cm³/mol. The number of benzene rings is 8. The minimum Gasteiger partial charge on any atom is -0.505 e. The van der Waals surface area contributed by atoms with Crippen LogP contribution in [0.2, 0.25) is 0 Å². The van der Waals surface area contributed by atoms with Gasteiger partial charge in [0.15, 0.2) is 5.75 Å². The van der Waals surface area contributed by atoms with Crippen LogP contribution in [0.5, 0.6) is 5.75 Å². The van der Waals surface area contributed by atoms with Crippen molar-refractivity contribution in [1.82, 2.24) is 0 Å². The number of phenolic OH excluding ortho intramolecular Hbond substituents is 1. The molecule has 0 radical (unpaired) electrons. The standard InChI is InChI=1S/C40H27N7O10S3/c41-23-9-11-26-22(18-23)8-13-37(40(26)48)47-46-36-17-16-35(29-12-10-25(21-31(29)36)58(49,50)51)45-44-34-15-14-33(27-4-1-2-5-28(27)34)43-42-24-19-32-30(39(20-24)60(55,56)57)6-3-7-38(32)59(52,53)54/h1-21,48H,41H2,(H,49,50,51)(H,52,53,54)(H,55,56,57). The van der Waals surface area contributed by atoms with Crippen molar-refractivity contribution in [3.63, 3.8) is 0 Å². The molecule has 0 bridgehead atoms. The molecule has 0 unspecified atom stereocenters. The van der Waals surface area contributed by atoms with Crippen LogP contribution in [0.25, 0.3) is 43.1 Å². The van der Waals surface area contributed by atoms with E-state index in [0.717, 1.165) is 12.1 Å². The second-order valence-electron chi connectivity index (χ2n) is 13.2. The lowest BCUT2D eigenvalue weighted by atomic mass is 10.1. The summed E-state index contributed by atoms with van der Waals surface area (Å²) in [5.41, 5.74) is 7.52. The number of hydrogen-bond acceptors (Lipinski definition) is 14. The number of nitrogens with zero attached hydrogens (tertiary/aromatic N) is 6. The Morgan fingerprint density at radius 1 is 0.400 bits per heavy atom. The number of hydrogen-bond donors (Lipinski definition) is 5. The molecule has 8 aromatic carbocycles. The molecule has 0 fully saturated rings. The molecule has 0 saturated heterocycles. The highest BCUT2D eigenvalue weighted by Gasteiger charge is 2.22. The molecule has 0 amide bonds. The summed E-state index contributed by atoms with van der Waals surface area (Å²) in [4.78, 5) is -1.65. The summed E-state index contributed by atoms with van der Waals surface area (Å²) in [6, 6.07) is 31.1. The fraction of sp³-hybridized carbons (Fsp3) is 0. The lowest BCUT2D eigenvalue weighted by Gasteiger charge is -2.09. The Balaban J connectivity index is 1.17. The van der Waals surface area contributed by atoms with Gasteiger partial charge in [-0.25, -0.2) is 0 Å². The van der Waals surface area contributed by atoms with Crippen LogP contribution in [0, 0.1) is 0 Å². The predicted octanol–water partition coefficient (Wildman–Crippen LogP) is 10.6. The van der Waals surface area contributed by atoms with Gasteiger partial charge in [-0.2, -0.15) is 30.4 Å². The van der Waals surface area contributed by atoms with Gasteiger partial charge in [0.25, 0.3) is 30.4 Å². The maximum atomic E-state index is 12.3. The van der Waals surface area contributed by atoms with Crippen molar-refractivity contribution in [2.75, 3.05) is 5.73 Å². The Kier molecular flexibility index (Phi) is 9.90. The van der Waals surface area contributed by atoms with Gasteiger partial charge in [0.1, 0.15) is 15.5 Å². The third-order valence-corrected chi connectivity index (χ3v) is 12.0. The molecule has 0 aliphatic carbocycles. The van der Waals surface area contributed by atoms with Gasteiger partial charge in [-0.3, -0.25) is 13.7 Å². The third-order valence-electron chi connectivity index (χ3n) is 9.37. The lowest BCUT2D eigenvalue weighted by Crippen LogP contribution is -2.03. The normalized spacial score (nSPS) is 12.9. The average molecular weight is 862 g/mol. The van der Waals surface area contributed by atoms with Gasteiger partial charge in [-0.05, 0) is 84.2 Å². The minimum atomic E-state index is -4.88. The van der Waals surface area contributed by atoms with E-state index in [4.69, 9.17) is 5.73 Å². The minimum absolute atomic E-state index is 0.136. The van der Waals surface area contributed by atoms with Crippen LogP contribution in [-0.2, 0) is 30.4 Å². The van der Waals surface area contributed by atoms with E-state index in [9.17, 15) is 44.0 Å². The van der Waals surface area contributed by atoms with Crippen molar-refractivity contribution >= 4 is 113 Å². The van der Waals surface area contributed by atoms with Crippen LogP contribution in [0.3, 0.4) is 0 Å². The first-order chi connectivity index (χ1) is 28.5. The summed E-state index contributed by atoms with van der Waals surface area (Å²) in [5, 5.41) is 39.3. The molecule has 17 nitrogen and oxygen atoms in total. The molecule has 0 heterocycles. The first-order valence-corrected chi connectivity index (χ1v) is 21.6. The highest BCUT2D eigenvalue weighted by molar-refractivity contribution is 7.86.